The van der Waals surface area contributed by atoms with Crippen molar-refractivity contribution >= 4 is 35.1 Å². The second kappa shape index (κ2) is 8.67. The second-order valence-electron chi connectivity index (χ2n) is 4.98. The van der Waals surface area contributed by atoms with Crippen molar-refractivity contribution in [3.05, 3.63) is 57.1 Å². The first-order valence-corrected chi connectivity index (χ1v) is 7.63. The van der Waals surface area contributed by atoms with Gasteiger partial charge in [-0.1, -0.05) is 11.6 Å². The normalized spacial score (nSPS) is 10.5. The Morgan fingerprint density at radius 3 is 2.65 bits per heavy atom. The Bertz CT molecular complexity index is 839. The van der Waals surface area contributed by atoms with Gasteiger partial charge in [0.25, 0.3) is 11.6 Å². The molecule has 0 aliphatic rings. The molecule has 136 valence electrons. The van der Waals surface area contributed by atoms with Crippen LogP contribution in [0.2, 0.25) is 5.02 Å². The van der Waals surface area contributed by atoms with E-state index in [0.29, 0.717) is 11.4 Å². The maximum Gasteiger partial charge on any atom is 0.263 e. The minimum Gasteiger partial charge on any atom is -0.867 e. The number of halogens is 1. The van der Waals surface area contributed by atoms with Gasteiger partial charge < -0.3 is 15.2 Å². The highest BCUT2D eigenvalue weighted by Crippen LogP contribution is 2.29. The standard InChI is InChI=1S/C16H15ClN4O5/c1-26-13-4-2-12(3-5-13)18-9-15(22)20-19-8-10-6-11(17)7-14(16(10)23)21(24)25/h2-8,18,23H,9H2,1H3,(H,20,22)/p-1/b19-8-. The lowest BCUT2D eigenvalue weighted by molar-refractivity contribution is -0.398. The fourth-order valence-electron chi connectivity index (χ4n) is 1.94. The van der Waals surface area contributed by atoms with Crippen LogP contribution < -0.4 is 20.6 Å². The Morgan fingerprint density at radius 2 is 2.04 bits per heavy atom. The number of anilines is 1. The number of nitro benzene ring substituents is 1. The van der Waals surface area contributed by atoms with Gasteiger partial charge in [0.1, 0.15) is 5.75 Å². The van der Waals surface area contributed by atoms with E-state index < -0.39 is 22.3 Å². The van der Waals surface area contributed by atoms with Crippen LogP contribution in [-0.4, -0.2) is 30.7 Å². The van der Waals surface area contributed by atoms with Crippen LogP contribution in [0.4, 0.5) is 11.4 Å². The average Bonchev–Trinajstić information content (AvgIpc) is 2.62. The molecule has 1 amide bonds. The highest BCUT2D eigenvalue weighted by molar-refractivity contribution is 6.31. The van der Waals surface area contributed by atoms with Gasteiger partial charge in [0.05, 0.1) is 24.8 Å². The largest absolute Gasteiger partial charge is 0.867 e. The number of methoxy groups -OCH3 is 1. The van der Waals surface area contributed by atoms with Gasteiger partial charge in [-0.05, 0) is 41.6 Å². The quantitative estimate of drug-likeness (QED) is 0.430. The Labute approximate surface area is 153 Å². The third kappa shape index (κ3) is 5.08. The number of carbonyl (C=O) groups is 1. The lowest BCUT2D eigenvalue weighted by Gasteiger charge is -2.10. The zero-order valence-corrected chi connectivity index (χ0v) is 14.3. The number of nitrogens with zero attached hydrogens (tertiary/aromatic N) is 2. The summed E-state index contributed by atoms with van der Waals surface area (Å²) in [6, 6.07) is 9.13. The van der Waals surface area contributed by atoms with E-state index in [0.717, 1.165) is 12.3 Å². The lowest BCUT2D eigenvalue weighted by Crippen LogP contribution is -2.25. The molecule has 2 N–H and O–H groups in total. The summed E-state index contributed by atoms with van der Waals surface area (Å²) in [5.74, 6) is -0.622. The molecule has 10 heteroatoms. The number of benzene rings is 2. The number of hydrogen-bond donors (Lipinski definition) is 2. The molecule has 0 aliphatic heterocycles. The smallest absolute Gasteiger partial charge is 0.263 e. The summed E-state index contributed by atoms with van der Waals surface area (Å²) < 4.78 is 5.03. The molecule has 0 saturated heterocycles. The van der Waals surface area contributed by atoms with Gasteiger partial charge in [-0.25, -0.2) is 5.43 Å². The molecule has 2 aromatic carbocycles. The van der Waals surface area contributed by atoms with Crippen LogP contribution >= 0.6 is 11.6 Å². The topological polar surface area (TPSA) is 129 Å². The fourth-order valence-corrected chi connectivity index (χ4v) is 2.16. The third-order valence-corrected chi connectivity index (χ3v) is 3.41. The molecule has 0 bridgehead atoms. The average molecular weight is 378 g/mol. The number of rotatable bonds is 7. The van der Waals surface area contributed by atoms with Crippen molar-refractivity contribution in [2.24, 2.45) is 5.10 Å². The van der Waals surface area contributed by atoms with E-state index in [1.165, 1.54) is 6.07 Å². The van der Waals surface area contributed by atoms with Gasteiger partial charge in [0, 0.05) is 16.8 Å². The number of amides is 1. The Balaban J connectivity index is 1.93. The summed E-state index contributed by atoms with van der Waals surface area (Å²) in [6.45, 7) is -0.0659. The van der Waals surface area contributed by atoms with Crippen molar-refractivity contribution in [3.8, 4) is 11.5 Å². The van der Waals surface area contributed by atoms with Crippen LogP contribution in [0.1, 0.15) is 5.56 Å². The van der Waals surface area contributed by atoms with Crippen molar-refractivity contribution in [2.45, 2.75) is 0 Å². The van der Waals surface area contributed by atoms with Crippen LogP contribution in [0.25, 0.3) is 0 Å². The molecular formula is C16H14ClN4O5-. The van der Waals surface area contributed by atoms with E-state index >= 15 is 0 Å². The minimum absolute atomic E-state index is 0.0187. The molecular weight excluding hydrogens is 364 g/mol. The highest BCUT2D eigenvalue weighted by atomic mass is 35.5. The first-order valence-electron chi connectivity index (χ1n) is 7.25. The predicted molar refractivity (Wildman–Crippen MR) is 94.8 cm³/mol. The molecule has 2 rings (SSSR count). The molecule has 0 aromatic heterocycles. The number of hydrogen-bond acceptors (Lipinski definition) is 7. The van der Waals surface area contributed by atoms with Crippen molar-refractivity contribution in [3.63, 3.8) is 0 Å². The predicted octanol–water partition coefficient (Wildman–Crippen LogP) is 1.89. The summed E-state index contributed by atoms with van der Waals surface area (Å²) in [5.41, 5.74) is 2.15. The summed E-state index contributed by atoms with van der Waals surface area (Å²) in [5, 5.41) is 29.2. The first kappa shape index (κ1) is 19.0. The molecule has 0 atom stereocenters. The number of hydrazone groups is 1. The van der Waals surface area contributed by atoms with Crippen molar-refractivity contribution in [1.29, 1.82) is 0 Å². The van der Waals surface area contributed by atoms with Crippen LogP contribution in [0, 0.1) is 10.1 Å². The molecule has 9 nitrogen and oxygen atoms in total. The molecule has 0 aliphatic carbocycles. The minimum atomic E-state index is -0.839. The molecule has 26 heavy (non-hydrogen) atoms. The summed E-state index contributed by atoms with van der Waals surface area (Å²) in [6.07, 6.45) is 1.01. The van der Waals surface area contributed by atoms with Gasteiger partial charge in [0.15, 0.2) is 0 Å². The Morgan fingerprint density at radius 1 is 1.35 bits per heavy atom. The molecule has 0 fully saturated rings. The number of nitro groups is 1. The van der Waals surface area contributed by atoms with Crippen molar-refractivity contribution < 1.29 is 19.6 Å². The molecule has 0 unspecified atom stereocenters. The molecule has 0 radical (unpaired) electrons. The van der Waals surface area contributed by atoms with Crippen LogP contribution in [0.5, 0.6) is 11.5 Å². The van der Waals surface area contributed by atoms with Crippen LogP contribution in [-0.2, 0) is 4.79 Å². The molecule has 2 aromatic rings. The maximum atomic E-state index is 11.9. The Kier molecular flexibility index (Phi) is 6.34. The van der Waals surface area contributed by atoms with Gasteiger partial charge in [-0.2, -0.15) is 5.10 Å². The van der Waals surface area contributed by atoms with E-state index in [2.05, 4.69) is 15.8 Å². The summed E-state index contributed by atoms with van der Waals surface area (Å²) in [7, 11) is 1.55. The maximum absolute atomic E-state index is 11.9. The number of ether oxygens (including phenoxy) is 1. The third-order valence-electron chi connectivity index (χ3n) is 3.20. The second-order valence-corrected chi connectivity index (χ2v) is 5.41. The van der Waals surface area contributed by atoms with Crippen LogP contribution in [0.15, 0.2) is 41.5 Å². The summed E-state index contributed by atoms with van der Waals surface area (Å²) in [4.78, 5) is 21.7. The van der Waals surface area contributed by atoms with E-state index in [-0.39, 0.29) is 17.1 Å². The molecule has 0 heterocycles. The Hall–Kier alpha value is -3.33. The van der Waals surface area contributed by atoms with Gasteiger partial charge in [-0.15, -0.1) is 0 Å². The van der Waals surface area contributed by atoms with E-state index in [4.69, 9.17) is 16.3 Å². The number of carbonyl (C=O) groups excluding carboxylic acids is 1. The zero-order chi connectivity index (χ0) is 19.1. The first-order chi connectivity index (χ1) is 12.4. The van der Waals surface area contributed by atoms with Gasteiger partial charge in [-0.3, -0.25) is 14.9 Å². The zero-order valence-electron chi connectivity index (χ0n) is 13.6. The van der Waals surface area contributed by atoms with Gasteiger partial charge in [0.2, 0.25) is 0 Å². The fraction of sp³-hybridized carbons (Fsp3) is 0.125. The molecule has 0 saturated carbocycles. The SMILES string of the molecule is COc1ccc(NCC(=O)N/N=C\c2cc(Cl)cc([N+](=O)[O-])c2[O-])cc1. The lowest BCUT2D eigenvalue weighted by atomic mass is 10.2. The highest BCUT2D eigenvalue weighted by Gasteiger charge is 2.11. The summed E-state index contributed by atoms with van der Waals surface area (Å²) >= 11 is 5.74. The van der Waals surface area contributed by atoms with E-state index in [1.54, 1.807) is 31.4 Å². The number of nitrogens with one attached hydrogen (secondary N) is 2. The van der Waals surface area contributed by atoms with Crippen molar-refractivity contribution in [1.82, 2.24) is 5.43 Å². The van der Waals surface area contributed by atoms with E-state index in [1.807, 2.05) is 0 Å². The molecule has 0 spiro atoms. The van der Waals surface area contributed by atoms with Gasteiger partial charge >= 0.3 is 0 Å². The van der Waals surface area contributed by atoms with Crippen LogP contribution in [0.3, 0.4) is 0 Å². The monoisotopic (exact) mass is 377 g/mol. The van der Waals surface area contributed by atoms with Crippen molar-refractivity contribution in [2.75, 3.05) is 19.0 Å². The van der Waals surface area contributed by atoms with E-state index in [9.17, 15) is 20.0 Å².